The summed E-state index contributed by atoms with van der Waals surface area (Å²) in [5.41, 5.74) is 42.5. The van der Waals surface area contributed by atoms with Gasteiger partial charge in [-0.2, -0.15) is 0 Å². The number of allylic oxidation sites excluding steroid dienone is 11. The lowest BCUT2D eigenvalue weighted by molar-refractivity contribution is 0.589. The summed E-state index contributed by atoms with van der Waals surface area (Å²) >= 11 is 0. The van der Waals surface area contributed by atoms with Crippen LogP contribution in [0.3, 0.4) is 0 Å². The summed E-state index contributed by atoms with van der Waals surface area (Å²) in [7, 11) is 0. The molecule has 502 valence electrons. The van der Waals surface area contributed by atoms with Gasteiger partial charge in [0.1, 0.15) is 11.5 Å². The van der Waals surface area contributed by atoms with Crippen molar-refractivity contribution in [3.63, 3.8) is 0 Å². The van der Waals surface area contributed by atoms with E-state index in [1.165, 1.54) is 61.2 Å². The maximum absolute atomic E-state index is 3.94. The van der Waals surface area contributed by atoms with Crippen molar-refractivity contribution in [3.05, 3.63) is 398 Å². The van der Waals surface area contributed by atoms with E-state index in [1.54, 1.807) is 0 Å². The van der Waals surface area contributed by atoms with Gasteiger partial charge in [0, 0.05) is 101 Å². The van der Waals surface area contributed by atoms with Crippen LogP contribution in [0.15, 0.2) is 276 Å². The second-order valence-electron chi connectivity index (χ2n) is 30.2. The smallest absolute Gasteiger partial charge is 0.0824 e. The first kappa shape index (κ1) is 69.5. The predicted molar refractivity (Wildman–Crippen MR) is 443 cm³/mol. The lowest BCUT2D eigenvalue weighted by Gasteiger charge is -2.33. The zero-order valence-corrected chi connectivity index (χ0v) is 62.7. The van der Waals surface area contributed by atoms with Gasteiger partial charge in [-0.05, 0) is 264 Å². The van der Waals surface area contributed by atoms with E-state index >= 15 is 0 Å². The molecule has 105 heavy (non-hydrogen) atoms. The third-order valence-electron chi connectivity index (χ3n) is 20.2. The second kappa shape index (κ2) is 29.0. The highest BCUT2D eigenvalue weighted by molar-refractivity contribution is 6.17. The fraction of sp³-hybridized carbons (Fsp3) is 0.162. The number of aryl methyl sites for hydroxylation is 6. The zero-order valence-electron chi connectivity index (χ0n) is 62.7. The van der Waals surface area contributed by atoms with Crippen molar-refractivity contribution in [2.24, 2.45) is 5.92 Å². The molecular weight excluding hydrogens is 1260 g/mol. The van der Waals surface area contributed by atoms with Crippen LogP contribution in [0.4, 0.5) is 0 Å². The molecule has 3 aliphatic rings. The van der Waals surface area contributed by atoms with Gasteiger partial charge in [-0.25, -0.2) is 0 Å². The maximum atomic E-state index is 3.94. The Morgan fingerprint density at radius 2 is 0.781 bits per heavy atom. The number of rotatable bonds is 2. The lowest BCUT2D eigenvalue weighted by atomic mass is 9.69. The zero-order chi connectivity index (χ0) is 73.3. The van der Waals surface area contributed by atoms with Crippen LogP contribution >= 0.6 is 0 Å². The maximum Gasteiger partial charge on any atom is 0.115 e. The summed E-state index contributed by atoms with van der Waals surface area (Å²) < 4.78 is 0. The SMILES string of the molecule is CC1=C[C+](C#Cc2c3cc(C#Cc4ccccc4)ccc3c(-c3c(C)cc(C(C)(C)C)cc3C)c3ccc(C#Cc4ccccc4)cc23)C=C(C)C1=C=c1c(C)cc(=C=C=C2c3cc(C#Cc4ccccc4)ccc3C(c3c(C)cc(C(C)(C)C)cc3C)=C3C=CC(C#Cc4ccccc4)=CC23)cc1C. The van der Waals surface area contributed by atoms with Crippen LogP contribution in [0.1, 0.15) is 161 Å². The van der Waals surface area contributed by atoms with Crippen LogP contribution in [0.2, 0.25) is 0 Å². The van der Waals surface area contributed by atoms with E-state index in [1.807, 2.05) is 72.8 Å². The van der Waals surface area contributed by atoms with Gasteiger partial charge in [-0.3, -0.25) is 0 Å². The summed E-state index contributed by atoms with van der Waals surface area (Å²) in [6, 6.07) is 74.9. The summed E-state index contributed by atoms with van der Waals surface area (Å²) in [4.78, 5) is 0. The molecule has 0 amide bonds. The Labute approximate surface area is 622 Å². The molecule has 0 spiro atoms. The van der Waals surface area contributed by atoms with Crippen LogP contribution in [0, 0.1) is 113 Å². The molecule has 0 radical (unpaired) electrons. The van der Waals surface area contributed by atoms with Crippen molar-refractivity contribution in [2.45, 2.75) is 108 Å². The topological polar surface area (TPSA) is 0 Å². The fourth-order valence-corrected chi connectivity index (χ4v) is 14.9. The first-order valence-electron chi connectivity index (χ1n) is 36.3. The van der Waals surface area contributed by atoms with E-state index in [9.17, 15) is 0 Å². The normalized spacial score (nSPS) is 13.6. The first-order chi connectivity index (χ1) is 50.6. The Balaban J connectivity index is 0.912. The quantitative estimate of drug-likeness (QED) is 0.0700. The molecule has 0 aliphatic heterocycles. The van der Waals surface area contributed by atoms with Gasteiger partial charge >= 0.3 is 0 Å². The number of hydrogen-bond acceptors (Lipinski definition) is 0. The largest absolute Gasteiger partial charge is 0.115 e. The van der Waals surface area contributed by atoms with Crippen molar-refractivity contribution in [1.82, 2.24) is 0 Å². The van der Waals surface area contributed by atoms with Crippen molar-refractivity contribution in [3.8, 4) is 70.3 Å². The van der Waals surface area contributed by atoms with Gasteiger partial charge in [0.25, 0.3) is 0 Å². The minimum absolute atomic E-state index is 0.00640. The summed E-state index contributed by atoms with van der Waals surface area (Å²) in [5.74, 6) is 36.2. The monoisotopic (exact) mass is 1340 g/mol. The van der Waals surface area contributed by atoms with Crippen molar-refractivity contribution >= 4 is 44.2 Å². The van der Waals surface area contributed by atoms with E-state index < -0.39 is 0 Å². The Hall–Kier alpha value is -12.6. The van der Waals surface area contributed by atoms with E-state index in [0.29, 0.717) is 0 Å². The average molecular weight is 1340 g/mol. The van der Waals surface area contributed by atoms with E-state index in [-0.39, 0.29) is 16.7 Å². The van der Waals surface area contributed by atoms with E-state index in [0.717, 1.165) is 133 Å². The molecular formula is C105H83+. The molecule has 0 heteroatoms. The highest BCUT2D eigenvalue weighted by Crippen LogP contribution is 2.50. The second-order valence-corrected chi connectivity index (χ2v) is 30.2. The third-order valence-corrected chi connectivity index (χ3v) is 20.2. The molecule has 0 fully saturated rings. The van der Waals surface area contributed by atoms with Gasteiger partial charge in [0.2, 0.25) is 0 Å². The fourth-order valence-electron chi connectivity index (χ4n) is 14.9. The van der Waals surface area contributed by atoms with Crippen molar-refractivity contribution < 1.29 is 0 Å². The van der Waals surface area contributed by atoms with Crippen LogP contribution in [0.5, 0.6) is 0 Å². The molecule has 0 aromatic heterocycles. The molecule has 0 bridgehead atoms. The van der Waals surface area contributed by atoms with Crippen molar-refractivity contribution in [2.75, 3.05) is 0 Å². The molecule has 0 saturated heterocycles. The Bertz CT molecular complexity index is 6010. The predicted octanol–water partition coefficient (Wildman–Crippen LogP) is 22.7. The summed E-state index contributed by atoms with van der Waals surface area (Å²) in [6.45, 7) is 31.5. The molecule has 1 atom stereocenters. The lowest BCUT2D eigenvalue weighted by Crippen LogP contribution is -2.18. The summed E-state index contributed by atoms with van der Waals surface area (Å²) in [5, 5.41) is 6.33. The molecule has 11 aromatic rings. The molecule has 0 heterocycles. The number of hydrogen-bond donors (Lipinski definition) is 0. The Morgan fingerprint density at radius 3 is 1.25 bits per heavy atom. The molecule has 1 unspecified atom stereocenters. The standard InChI is InChI=1S/C105H83/c1-68-55-84(47-49-88-96-63-80(39-35-76-27-19-15-20-28-76)43-51-90(96)102(100-72(5)59-86(60-73(100)6)104(9,10)11)91-52-44-81(64-97(88)91)40-36-77-29-21-16-22-30-77)56-69(2)94(68)67-95-70(3)57-85(58-71(95)4)48-50-89-98-65-82(41-37-78-31-23-17-24-32-78)45-53-92(98)103(101-74(7)61-87(62-75(101)8)105(12,13)14)93-54-46-83(66-99(89)93)42-38-79-33-25-18-26-34-79/h15-34,43-46,51-66,96H,1-14H3/q+1. The average Bonchev–Trinajstić information content (AvgIpc) is 0.734. The minimum Gasteiger partial charge on any atom is -0.0824 e. The van der Waals surface area contributed by atoms with Crippen LogP contribution < -0.4 is 10.4 Å². The van der Waals surface area contributed by atoms with Gasteiger partial charge < -0.3 is 0 Å². The molecule has 0 N–H and O–H groups in total. The molecule has 11 aromatic carbocycles. The minimum atomic E-state index is -0.184. The first-order valence-corrected chi connectivity index (χ1v) is 36.3. The molecule has 0 saturated carbocycles. The highest BCUT2D eigenvalue weighted by atomic mass is 14.4. The van der Waals surface area contributed by atoms with Gasteiger partial charge in [-0.1, -0.05) is 234 Å². The molecule has 0 nitrogen and oxygen atoms in total. The van der Waals surface area contributed by atoms with Crippen LogP contribution in [-0.2, 0) is 10.8 Å². The van der Waals surface area contributed by atoms with Gasteiger partial charge in [0.05, 0.1) is 17.4 Å². The van der Waals surface area contributed by atoms with E-state index in [4.69, 9.17) is 0 Å². The van der Waals surface area contributed by atoms with Gasteiger partial charge in [0.15, 0.2) is 0 Å². The molecule has 14 rings (SSSR count). The van der Waals surface area contributed by atoms with Crippen LogP contribution in [0.25, 0.3) is 55.3 Å². The Morgan fingerprint density at radius 1 is 0.352 bits per heavy atom. The Kier molecular flexibility index (Phi) is 19.2. The highest BCUT2D eigenvalue weighted by Gasteiger charge is 2.34. The number of benzene rings is 11. The summed E-state index contributed by atoms with van der Waals surface area (Å²) in [6.07, 6.45) is 11.2. The third kappa shape index (κ3) is 14.9. The van der Waals surface area contributed by atoms with Crippen molar-refractivity contribution in [1.29, 1.82) is 0 Å². The van der Waals surface area contributed by atoms with E-state index in [2.05, 4.69) is 343 Å². The number of fused-ring (bicyclic) bond motifs is 4. The van der Waals surface area contributed by atoms with Crippen LogP contribution in [-0.4, -0.2) is 0 Å². The van der Waals surface area contributed by atoms with Gasteiger partial charge in [-0.15, -0.1) is 0 Å². The molecule has 3 aliphatic carbocycles.